The van der Waals surface area contributed by atoms with Crippen LogP contribution in [-0.2, 0) is 6.54 Å². The van der Waals surface area contributed by atoms with Gasteiger partial charge < -0.3 is 19.4 Å². The number of aromatic nitrogens is 1. The van der Waals surface area contributed by atoms with Gasteiger partial charge in [0.05, 0.1) is 18.7 Å². The van der Waals surface area contributed by atoms with Crippen LogP contribution < -0.4 is 9.47 Å². The Hall–Kier alpha value is -2.51. The number of nitrogens with zero attached hydrogens (tertiary/aromatic N) is 2. The number of methoxy groups -OCH3 is 2. The first-order valence-electron chi connectivity index (χ1n) is 9.59. The molecule has 4 rings (SSSR count). The lowest BCUT2D eigenvalue weighted by atomic mass is 10.1. The Labute approximate surface area is 178 Å². The quantitative estimate of drug-likeness (QED) is 0.630. The van der Waals surface area contributed by atoms with Crippen LogP contribution in [0.3, 0.4) is 0 Å². The highest BCUT2D eigenvalue weighted by atomic mass is 79.9. The monoisotopic (exact) mass is 457 g/mol. The Morgan fingerprint density at radius 3 is 2.52 bits per heavy atom. The summed E-state index contributed by atoms with van der Waals surface area (Å²) in [6, 6.07) is 13.9. The molecule has 0 radical (unpaired) electrons. The van der Waals surface area contributed by atoms with E-state index in [2.05, 4.69) is 25.8 Å². The van der Waals surface area contributed by atoms with Crippen molar-refractivity contribution in [1.82, 2.24) is 14.8 Å². The third-order valence-electron chi connectivity index (χ3n) is 5.38. The highest BCUT2D eigenvalue weighted by molar-refractivity contribution is 9.10. The molecule has 3 aromatic rings. The molecule has 1 saturated heterocycles. The summed E-state index contributed by atoms with van der Waals surface area (Å²) in [5, 5.41) is 1.06. The van der Waals surface area contributed by atoms with Crippen LogP contribution in [0.2, 0.25) is 0 Å². The summed E-state index contributed by atoms with van der Waals surface area (Å²) in [5.41, 5.74) is 2.79. The molecule has 0 spiro atoms. The number of benzene rings is 2. The van der Waals surface area contributed by atoms with Crippen LogP contribution in [0.5, 0.6) is 11.5 Å². The van der Waals surface area contributed by atoms with E-state index in [0.717, 1.165) is 40.6 Å². The van der Waals surface area contributed by atoms with Crippen molar-refractivity contribution in [3.8, 4) is 11.5 Å². The lowest BCUT2D eigenvalue weighted by Gasteiger charge is -2.34. The number of amides is 1. The lowest BCUT2D eigenvalue weighted by Crippen LogP contribution is -2.48. The molecule has 1 aliphatic heterocycles. The van der Waals surface area contributed by atoms with Crippen molar-refractivity contribution in [2.75, 3.05) is 40.4 Å². The van der Waals surface area contributed by atoms with Gasteiger partial charge in [0.25, 0.3) is 5.91 Å². The minimum absolute atomic E-state index is 0.0631. The minimum atomic E-state index is 0.0631. The minimum Gasteiger partial charge on any atom is -0.493 e. The molecule has 2 aromatic carbocycles. The molecule has 0 saturated carbocycles. The maximum Gasteiger partial charge on any atom is 0.270 e. The van der Waals surface area contributed by atoms with E-state index in [-0.39, 0.29) is 5.91 Å². The van der Waals surface area contributed by atoms with Crippen LogP contribution in [0.25, 0.3) is 10.9 Å². The van der Waals surface area contributed by atoms with Gasteiger partial charge in [0.1, 0.15) is 5.69 Å². The highest BCUT2D eigenvalue weighted by Gasteiger charge is 2.24. The summed E-state index contributed by atoms with van der Waals surface area (Å²) in [7, 11) is 3.27. The first kappa shape index (κ1) is 19.8. The van der Waals surface area contributed by atoms with E-state index in [9.17, 15) is 4.79 Å². The van der Waals surface area contributed by atoms with Gasteiger partial charge in [-0.3, -0.25) is 9.69 Å². The normalized spacial score (nSPS) is 14.9. The summed E-state index contributed by atoms with van der Waals surface area (Å²) in [5.74, 6) is 1.47. The second kappa shape index (κ2) is 8.47. The molecule has 1 fully saturated rings. The van der Waals surface area contributed by atoms with E-state index in [1.54, 1.807) is 14.2 Å². The molecule has 1 aliphatic rings. The van der Waals surface area contributed by atoms with Crippen molar-refractivity contribution in [3.05, 3.63) is 58.2 Å². The number of hydrogen-bond donors (Lipinski definition) is 1. The smallest absolute Gasteiger partial charge is 0.270 e. The number of piperazine rings is 1. The number of fused-ring (bicyclic) bond motifs is 1. The van der Waals surface area contributed by atoms with E-state index in [1.165, 1.54) is 0 Å². The summed E-state index contributed by atoms with van der Waals surface area (Å²) < 4.78 is 11.7. The number of hydrogen-bond acceptors (Lipinski definition) is 4. The third-order valence-corrected chi connectivity index (χ3v) is 6.25. The van der Waals surface area contributed by atoms with Gasteiger partial charge in [0.2, 0.25) is 0 Å². The van der Waals surface area contributed by atoms with Gasteiger partial charge in [-0.25, -0.2) is 0 Å². The zero-order valence-electron chi connectivity index (χ0n) is 16.6. The molecule has 29 heavy (non-hydrogen) atoms. The van der Waals surface area contributed by atoms with Crippen molar-refractivity contribution < 1.29 is 14.3 Å². The zero-order valence-corrected chi connectivity index (χ0v) is 18.2. The number of aromatic amines is 1. The summed E-state index contributed by atoms with van der Waals surface area (Å²) >= 11 is 3.64. The van der Waals surface area contributed by atoms with Gasteiger partial charge in [0.15, 0.2) is 11.5 Å². The number of H-pyrrole nitrogens is 1. The number of nitrogens with one attached hydrogen (secondary N) is 1. The van der Waals surface area contributed by atoms with Crippen molar-refractivity contribution in [2.45, 2.75) is 6.54 Å². The van der Waals surface area contributed by atoms with Crippen LogP contribution >= 0.6 is 15.9 Å². The lowest BCUT2D eigenvalue weighted by molar-refractivity contribution is 0.0623. The molecule has 1 aromatic heterocycles. The molecule has 1 N–H and O–H groups in total. The Morgan fingerprint density at radius 1 is 1.07 bits per heavy atom. The maximum absolute atomic E-state index is 12.9. The summed E-state index contributed by atoms with van der Waals surface area (Å²) in [6.45, 7) is 3.85. The van der Waals surface area contributed by atoms with E-state index in [1.807, 2.05) is 47.4 Å². The zero-order chi connectivity index (χ0) is 20.4. The molecule has 0 bridgehead atoms. The van der Waals surface area contributed by atoms with Crippen LogP contribution in [0.4, 0.5) is 0 Å². The van der Waals surface area contributed by atoms with E-state index >= 15 is 0 Å². The molecule has 2 heterocycles. The summed E-state index contributed by atoms with van der Waals surface area (Å²) in [6.07, 6.45) is 0. The van der Waals surface area contributed by atoms with Gasteiger partial charge in [-0.2, -0.15) is 0 Å². The SMILES string of the molecule is COc1ccc(CN2CCN(C(=O)c3cc4ccccc4[nH]3)CC2)c(Br)c1OC. The average Bonchev–Trinajstić information content (AvgIpc) is 3.19. The van der Waals surface area contributed by atoms with E-state index in [4.69, 9.17) is 9.47 Å². The molecule has 0 atom stereocenters. The fourth-order valence-electron chi connectivity index (χ4n) is 3.76. The number of rotatable bonds is 5. The Balaban J connectivity index is 1.40. The second-order valence-corrected chi connectivity index (χ2v) is 7.91. The Morgan fingerprint density at radius 2 is 1.83 bits per heavy atom. The molecule has 7 heteroatoms. The fraction of sp³-hybridized carbons (Fsp3) is 0.318. The fourth-order valence-corrected chi connectivity index (χ4v) is 4.38. The predicted octanol–water partition coefficient (Wildman–Crippen LogP) is 3.91. The molecule has 152 valence electrons. The third kappa shape index (κ3) is 3.97. The average molecular weight is 458 g/mol. The van der Waals surface area contributed by atoms with E-state index in [0.29, 0.717) is 30.3 Å². The topological polar surface area (TPSA) is 57.8 Å². The van der Waals surface area contributed by atoms with Gasteiger partial charge >= 0.3 is 0 Å². The molecule has 0 unspecified atom stereocenters. The number of para-hydroxylation sites is 1. The number of ether oxygens (including phenoxy) is 2. The predicted molar refractivity (Wildman–Crippen MR) is 117 cm³/mol. The number of carbonyl (C=O) groups is 1. The highest BCUT2D eigenvalue weighted by Crippen LogP contribution is 2.38. The first-order valence-corrected chi connectivity index (χ1v) is 10.4. The van der Waals surface area contributed by atoms with Crippen molar-refractivity contribution in [3.63, 3.8) is 0 Å². The van der Waals surface area contributed by atoms with Gasteiger partial charge in [-0.1, -0.05) is 24.3 Å². The molecular formula is C22H24BrN3O3. The second-order valence-electron chi connectivity index (χ2n) is 7.11. The Bertz CT molecular complexity index is 992. The largest absolute Gasteiger partial charge is 0.493 e. The first-order chi connectivity index (χ1) is 14.1. The molecule has 6 nitrogen and oxygen atoms in total. The van der Waals surface area contributed by atoms with Crippen molar-refractivity contribution >= 4 is 32.7 Å². The van der Waals surface area contributed by atoms with Crippen LogP contribution in [0, 0.1) is 0 Å². The standard InChI is InChI=1S/C22H24BrN3O3/c1-28-19-8-7-16(20(23)21(19)29-2)14-25-9-11-26(12-10-25)22(27)18-13-15-5-3-4-6-17(15)24-18/h3-8,13,24H,9-12,14H2,1-2H3. The van der Waals surface area contributed by atoms with Crippen LogP contribution in [0.1, 0.15) is 16.1 Å². The van der Waals surface area contributed by atoms with E-state index < -0.39 is 0 Å². The maximum atomic E-state index is 12.9. The van der Waals surface area contributed by atoms with Crippen LogP contribution in [0.15, 0.2) is 46.9 Å². The number of halogens is 1. The molecule has 1 amide bonds. The molecular weight excluding hydrogens is 434 g/mol. The van der Waals surface area contributed by atoms with Gasteiger partial charge in [-0.15, -0.1) is 0 Å². The van der Waals surface area contributed by atoms with Crippen molar-refractivity contribution in [1.29, 1.82) is 0 Å². The number of carbonyl (C=O) groups excluding carboxylic acids is 1. The van der Waals surface area contributed by atoms with Crippen molar-refractivity contribution in [2.24, 2.45) is 0 Å². The van der Waals surface area contributed by atoms with Gasteiger partial charge in [0, 0.05) is 43.6 Å². The Kier molecular flexibility index (Phi) is 5.78. The molecule has 0 aliphatic carbocycles. The van der Waals surface area contributed by atoms with Crippen LogP contribution in [-0.4, -0.2) is 61.1 Å². The van der Waals surface area contributed by atoms with Gasteiger partial charge in [-0.05, 0) is 39.7 Å². The summed E-state index contributed by atoms with van der Waals surface area (Å²) in [4.78, 5) is 20.4.